The first kappa shape index (κ1) is 19.7. The molecule has 7 heteroatoms. The van der Waals surface area contributed by atoms with Crippen molar-refractivity contribution in [3.63, 3.8) is 0 Å². The van der Waals surface area contributed by atoms with Gasteiger partial charge in [-0.1, -0.05) is 53.5 Å². The number of amides is 1. The summed E-state index contributed by atoms with van der Waals surface area (Å²) in [5, 5.41) is 0.897. The van der Waals surface area contributed by atoms with Gasteiger partial charge in [0.05, 0.1) is 16.3 Å². The summed E-state index contributed by atoms with van der Waals surface area (Å²) < 4.78 is 0. The largest absolute Gasteiger partial charge is 0.353 e. The Bertz CT molecular complexity index is 1030. The minimum absolute atomic E-state index is 0.0739. The summed E-state index contributed by atoms with van der Waals surface area (Å²) in [4.78, 5) is 26.0. The fourth-order valence-corrected chi connectivity index (χ4v) is 3.93. The maximum atomic E-state index is 12.8. The Morgan fingerprint density at radius 3 is 2.34 bits per heavy atom. The number of carbonyl (C=O) groups excluding carboxylic acids is 1. The van der Waals surface area contributed by atoms with Gasteiger partial charge in [0.2, 0.25) is 0 Å². The highest BCUT2D eigenvalue weighted by Crippen LogP contribution is 2.25. The Morgan fingerprint density at radius 2 is 1.66 bits per heavy atom. The van der Waals surface area contributed by atoms with Gasteiger partial charge in [-0.2, -0.15) is 0 Å². The Morgan fingerprint density at radius 1 is 0.931 bits per heavy atom. The van der Waals surface area contributed by atoms with Gasteiger partial charge in [-0.05, 0) is 25.1 Å². The van der Waals surface area contributed by atoms with E-state index in [2.05, 4.69) is 14.9 Å². The van der Waals surface area contributed by atoms with Crippen molar-refractivity contribution in [1.29, 1.82) is 0 Å². The molecule has 0 bridgehead atoms. The van der Waals surface area contributed by atoms with Gasteiger partial charge in [-0.3, -0.25) is 4.79 Å². The molecule has 1 amide bonds. The number of piperazine rings is 1. The fraction of sp³-hybridized carbons (Fsp3) is 0.227. The highest BCUT2D eigenvalue weighted by Gasteiger charge is 2.24. The second-order valence-corrected chi connectivity index (χ2v) is 7.77. The van der Waals surface area contributed by atoms with Gasteiger partial charge in [0, 0.05) is 42.8 Å². The van der Waals surface area contributed by atoms with Crippen molar-refractivity contribution in [3.05, 3.63) is 76.0 Å². The zero-order valence-electron chi connectivity index (χ0n) is 16.0. The third-order valence-corrected chi connectivity index (χ3v) is 5.49. The summed E-state index contributed by atoms with van der Waals surface area (Å²) >= 11 is 12.1. The molecule has 1 aromatic heterocycles. The van der Waals surface area contributed by atoms with E-state index < -0.39 is 0 Å². The zero-order chi connectivity index (χ0) is 20.4. The number of anilines is 1. The zero-order valence-corrected chi connectivity index (χ0v) is 17.5. The predicted molar refractivity (Wildman–Crippen MR) is 117 cm³/mol. The van der Waals surface area contributed by atoms with Crippen LogP contribution in [0.5, 0.6) is 0 Å². The van der Waals surface area contributed by atoms with Crippen molar-refractivity contribution in [2.24, 2.45) is 0 Å². The molecule has 0 radical (unpaired) electrons. The number of nitrogens with zero attached hydrogens (tertiary/aromatic N) is 4. The van der Waals surface area contributed by atoms with Gasteiger partial charge >= 0.3 is 0 Å². The van der Waals surface area contributed by atoms with E-state index in [0.29, 0.717) is 41.8 Å². The molecule has 1 fully saturated rings. The first-order valence-corrected chi connectivity index (χ1v) is 10.2. The van der Waals surface area contributed by atoms with Crippen molar-refractivity contribution in [3.8, 4) is 11.3 Å². The molecule has 0 spiro atoms. The van der Waals surface area contributed by atoms with Gasteiger partial charge in [0.15, 0.2) is 0 Å². The molecule has 148 valence electrons. The van der Waals surface area contributed by atoms with Crippen molar-refractivity contribution >= 4 is 34.9 Å². The number of benzene rings is 2. The van der Waals surface area contributed by atoms with Crippen molar-refractivity contribution < 1.29 is 4.79 Å². The van der Waals surface area contributed by atoms with Crippen LogP contribution in [0.1, 0.15) is 16.2 Å². The van der Waals surface area contributed by atoms with Crippen LogP contribution in [0.4, 0.5) is 5.82 Å². The molecule has 1 aliphatic heterocycles. The molecule has 2 aromatic carbocycles. The van der Waals surface area contributed by atoms with Crippen molar-refractivity contribution in [2.45, 2.75) is 6.92 Å². The fourth-order valence-electron chi connectivity index (χ4n) is 3.44. The monoisotopic (exact) mass is 426 g/mol. The summed E-state index contributed by atoms with van der Waals surface area (Å²) in [6.45, 7) is 4.49. The van der Waals surface area contributed by atoms with Crippen LogP contribution in [0, 0.1) is 6.92 Å². The van der Waals surface area contributed by atoms with E-state index in [9.17, 15) is 4.79 Å². The molecule has 0 N–H and O–H groups in total. The standard InChI is InChI=1S/C22H20Cl2N4O/c1-15-25-20(16-5-3-2-4-6-16)14-21(26-15)27-9-11-28(12-10-27)22(29)18-8-7-17(23)13-19(18)24/h2-8,13-14H,9-12H2,1H3. The molecule has 3 aromatic rings. The van der Waals surface area contributed by atoms with E-state index in [1.807, 2.05) is 48.2 Å². The van der Waals surface area contributed by atoms with Crippen LogP contribution in [0.25, 0.3) is 11.3 Å². The molecule has 5 nitrogen and oxygen atoms in total. The topological polar surface area (TPSA) is 49.3 Å². The van der Waals surface area contributed by atoms with Crippen LogP contribution in [-0.4, -0.2) is 47.0 Å². The number of aryl methyl sites for hydroxylation is 1. The molecular weight excluding hydrogens is 407 g/mol. The summed E-state index contributed by atoms with van der Waals surface area (Å²) in [6.07, 6.45) is 0. The van der Waals surface area contributed by atoms with Crippen LogP contribution in [0.3, 0.4) is 0 Å². The second kappa shape index (κ2) is 8.39. The van der Waals surface area contributed by atoms with E-state index in [4.69, 9.17) is 23.2 Å². The summed E-state index contributed by atoms with van der Waals surface area (Å²) in [7, 11) is 0. The summed E-state index contributed by atoms with van der Waals surface area (Å²) in [5.41, 5.74) is 2.44. The van der Waals surface area contributed by atoms with Gasteiger partial charge in [0.25, 0.3) is 5.91 Å². The van der Waals surface area contributed by atoms with Gasteiger partial charge < -0.3 is 9.80 Å². The number of hydrogen-bond acceptors (Lipinski definition) is 4. The third-order valence-electron chi connectivity index (χ3n) is 4.95. The average Bonchev–Trinajstić information content (AvgIpc) is 2.74. The molecule has 2 heterocycles. The average molecular weight is 427 g/mol. The lowest BCUT2D eigenvalue weighted by Gasteiger charge is -2.35. The van der Waals surface area contributed by atoms with E-state index >= 15 is 0 Å². The highest BCUT2D eigenvalue weighted by atomic mass is 35.5. The van der Waals surface area contributed by atoms with Crippen molar-refractivity contribution in [1.82, 2.24) is 14.9 Å². The lowest BCUT2D eigenvalue weighted by Crippen LogP contribution is -2.49. The molecule has 1 aliphatic rings. The lowest BCUT2D eigenvalue weighted by atomic mass is 10.1. The van der Waals surface area contributed by atoms with Gasteiger partial charge in [-0.25, -0.2) is 9.97 Å². The Labute approximate surface area is 179 Å². The molecule has 0 unspecified atom stereocenters. The normalized spacial score (nSPS) is 14.2. The number of rotatable bonds is 3. The van der Waals surface area contributed by atoms with E-state index in [0.717, 1.165) is 22.9 Å². The highest BCUT2D eigenvalue weighted by molar-refractivity contribution is 6.36. The maximum Gasteiger partial charge on any atom is 0.255 e. The molecule has 0 aliphatic carbocycles. The molecular formula is C22H20Cl2N4O. The predicted octanol–water partition coefficient (Wildman–Crippen LogP) is 4.72. The summed E-state index contributed by atoms with van der Waals surface area (Å²) in [5.74, 6) is 1.54. The first-order chi connectivity index (χ1) is 14.0. The minimum atomic E-state index is -0.0739. The Kier molecular flexibility index (Phi) is 5.69. The molecule has 29 heavy (non-hydrogen) atoms. The third kappa shape index (κ3) is 4.36. The molecule has 4 rings (SSSR count). The van der Waals surface area contributed by atoms with E-state index in [1.165, 1.54) is 0 Å². The number of carbonyl (C=O) groups is 1. The van der Waals surface area contributed by atoms with Crippen LogP contribution in [0.2, 0.25) is 10.0 Å². The van der Waals surface area contributed by atoms with Gasteiger partial charge in [-0.15, -0.1) is 0 Å². The number of halogens is 2. The minimum Gasteiger partial charge on any atom is -0.353 e. The van der Waals surface area contributed by atoms with Crippen LogP contribution < -0.4 is 4.90 Å². The van der Waals surface area contributed by atoms with E-state index in [-0.39, 0.29) is 5.91 Å². The quantitative estimate of drug-likeness (QED) is 0.607. The molecule has 0 saturated carbocycles. The lowest BCUT2D eigenvalue weighted by molar-refractivity contribution is 0.0746. The van der Waals surface area contributed by atoms with E-state index in [1.54, 1.807) is 18.2 Å². The van der Waals surface area contributed by atoms with Crippen LogP contribution >= 0.6 is 23.2 Å². The molecule has 0 atom stereocenters. The van der Waals surface area contributed by atoms with Gasteiger partial charge in [0.1, 0.15) is 11.6 Å². The number of aromatic nitrogens is 2. The smallest absolute Gasteiger partial charge is 0.255 e. The Hall–Kier alpha value is -2.63. The SMILES string of the molecule is Cc1nc(-c2ccccc2)cc(N2CCN(C(=O)c3ccc(Cl)cc3Cl)CC2)n1. The second-order valence-electron chi connectivity index (χ2n) is 6.93. The molecule has 1 saturated heterocycles. The van der Waals surface area contributed by atoms with Crippen molar-refractivity contribution in [2.75, 3.05) is 31.1 Å². The summed E-state index contributed by atoms with van der Waals surface area (Å²) in [6, 6.07) is 17.0. The maximum absolute atomic E-state index is 12.8. The Balaban J connectivity index is 1.48. The number of hydrogen-bond donors (Lipinski definition) is 0. The van der Waals surface area contributed by atoms with Crippen LogP contribution in [-0.2, 0) is 0 Å². The van der Waals surface area contributed by atoms with Crippen LogP contribution in [0.15, 0.2) is 54.6 Å². The first-order valence-electron chi connectivity index (χ1n) is 9.41.